The maximum absolute atomic E-state index is 13.7. The number of carbonyl (C=O) groups excluding carboxylic acids is 2. The Labute approximate surface area is 207 Å². The average Bonchev–Trinajstić information content (AvgIpc) is 3.31. The summed E-state index contributed by atoms with van der Waals surface area (Å²) in [5.74, 6) is -1.16. The molecule has 190 valence electrons. The summed E-state index contributed by atoms with van der Waals surface area (Å²) < 4.78 is 39.9. The maximum Gasteiger partial charge on any atom is 0.244 e. The van der Waals surface area contributed by atoms with E-state index in [9.17, 15) is 22.4 Å². The second kappa shape index (κ2) is 11.7. The summed E-state index contributed by atoms with van der Waals surface area (Å²) in [6, 6.07) is 12.0. The van der Waals surface area contributed by atoms with Crippen molar-refractivity contribution < 1.29 is 22.4 Å². The van der Waals surface area contributed by atoms with Crippen LogP contribution in [0.15, 0.2) is 48.5 Å². The zero-order valence-electron chi connectivity index (χ0n) is 20.5. The highest BCUT2D eigenvalue weighted by Gasteiger charge is 2.33. The van der Waals surface area contributed by atoms with Crippen LogP contribution in [-0.2, 0) is 26.2 Å². The normalized spacial score (nSPS) is 15.0. The van der Waals surface area contributed by atoms with Gasteiger partial charge in [-0.1, -0.05) is 50.1 Å². The Morgan fingerprint density at radius 1 is 1.09 bits per heavy atom. The first kappa shape index (κ1) is 26.7. The van der Waals surface area contributed by atoms with Gasteiger partial charge in [-0.25, -0.2) is 12.8 Å². The highest BCUT2D eigenvalue weighted by Crippen LogP contribution is 2.24. The fourth-order valence-electron chi connectivity index (χ4n) is 4.51. The molecule has 1 fully saturated rings. The van der Waals surface area contributed by atoms with E-state index >= 15 is 0 Å². The molecule has 2 aromatic carbocycles. The average molecular weight is 504 g/mol. The minimum atomic E-state index is -3.78. The molecule has 0 spiro atoms. The molecule has 0 unspecified atom stereocenters. The van der Waals surface area contributed by atoms with E-state index in [4.69, 9.17) is 0 Å². The summed E-state index contributed by atoms with van der Waals surface area (Å²) >= 11 is 0. The van der Waals surface area contributed by atoms with Crippen molar-refractivity contribution in [2.45, 2.75) is 64.6 Å². The zero-order chi connectivity index (χ0) is 25.6. The maximum atomic E-state index is 13.7. The molecule has 0 saturated heterocycles. The predicted molar refractivity (Wildman–Crippen MR) is 135 cm³/mol. The van der Waals surface area contributed by atoms with E-state index in [0.717, 1.165) is 36.2 Å². The van der Waals surface area contributed by atoms with Gasteiger partial charge in [0.2, 0.25) is 21.8 Å². The van der Waals surface area contributed by atoms with E-state index in [1.54, 1.807) is 43.3 Å². The van der Waals surface area contributed by atoms with Crippen molar-refractivity contribution in [3.8, 4) is 0 Å². The van der Waals surface area contributed by atoms with E-state index in [1.165, 1.54) is 17.0 Å². The third-order valence-corrected chi connectivity index (χ3v) is 7.54. The summed E-state index contributed by atoms with van der Waals surface area (Å²) in [5, 5.41) is 3.06. The Kier molecular flexibility index (Phi) is 8.88. The quantitative estimate of drug-likeness (QED) is 0.535. The van der Waals surface area contributed by atoms with Crippen LogP contribution in [0, 0.1) is 12.7 Å². The van der Waals surface area contributed by atoms with Gasteiger partial charge < -0.3 is 10.2 Å². The number of para-hydroxylation sites is 1. The van der Waals surface area contributed by atoms with E-state index < -0.39 is 34.3 Å². The van der Waals surface area contributed by atoms with Crippen molar-refractivity contribution >= 4 is 27.5 Å². The molecule has 9 heteroatoms. The highest BCUT2D eigenvalue weighted by molar-refractivity contribution is 7.92. The molecular formula is C26H34FN3O4S. The van der Waals surface area contributed by atoms with Crippen LogP contribution in [0.1, 0.15) is 50.2 Å². The van der Waals surface area contributed by atoms with Crippen LogP contribution in [0.3, 0.4) is 0 Å². The lowest BCUT2D eigenvalue weighted by molar-refractivity contribution is -0.140. The first-order valence-corrected chi connectivity index (χ1v) is 13.8. The van der Waals surface area contributed by atoms with Gasteiger partial charge in [-0.2, -0.15) is 0 Å². The lowest BCUT2D eigenvalue weighted by Gasteiger charge is -2.33. The number of nitrogens with one attached hydrogen (secondary N) is 1. The van der Waals surface area contributed by atoms with Crippen molar-refractivity contribution in [1.29, 1.82) is 0 Å². The van der Waals surface area contributed by atoms with Crippen LogP contribution < -0.4 is 9.62 Å². The van der Waals surface area contributed by atoms with Crippen molar-refractivity contribution in [1.82, 2.24) is 10.2 Å². The van der Waals surface area contributed by atoms with E-state index in [2.05, 4.69) is 5.32 Å². The Morgan fingerprint density at radius 3 is 2.29 bits per heavy atom. The summed E-state index contributed by atoms with van der Waals surface area (Å²) in [6.45, 7) is 3.21. The topological polar surface area (TPSA) is 86.8 Å². The van der Waals surface area contributed by atoms with Gasteiger partial charge in [-0.3, -0.25) is 13.9 Å². The van der Waals surface area contributed by atoms with Gasteiger partial charge in [0.25, 0.3) is 0 Å². The molecule has 0 aliphatic heterocycles. The van der Waals surface area contributed by atoms with Crippen LogP contribution in [-0.4, -0.2) is 50.0 Å². The monoisotopic (exact) mass is 503 g/mol. The van der Waals surface area contributed by atoms with Crippen LogP contribution in [0.2, 0.25) is 0 Å². The summed E-state index contributed by atoms with van der Waals surface area (Å²) in [6.07, 6.45) is 5.34. The van der Waals surface area contributed by atoms with Crippen molar-refractivity contribution in [3.05, 3.63) is 65.5 Å². The number of halogens is 1. The Morgan fingerprint density at radius 2 is 1.71 bits per heavy atom. The molecule has 0 radical (unpaired) electrons. The number of hydrogen-bond donors (Lipinski definition) is 1. The lowest BCUT2D eigenvalue weighted by Crippen LogP contribution is -2.53. The van der Waals surface area contributed by atoms with Crippen LogP contribution in [0.4, 0.5) is 10.1 Å². The van der Waals surface area contributed by atoms with Gasteiger partial charge in [0.1, 0.15) is 18.4 Å². The minimum absolute atomic E-state index is 0.0566. The second-order valence-electron chi connectivity index (χ2n) is 9.12. The number of aryl methyl sites for hydroxylation is 1. The fourth-order valence-corrected chi connectivity index (χ4v) is 5.42. The third kappa shape index (κ3) is 7.04. The van der Waals surface area contributed by atoms with E-state index in [0.29, 0.717) is 23.2 Å². The molecule has 3 rings (SSSR count). The first-order chi connectivity index (χ1) is 16.6. The highest BCUT2D eigenvalue weighted by atomic mass is 32.2. The number of anilines is 1. The molecule has 0 aromatic heterocycles. The fraction of sp³-hybridized carbons (Fsp3) is 0.462. The van der Waals surface area contributed by atoms with Crippen molar-refractivity contribution in [2.75, 3.05) is 17.1 Å². The molecule has 35 heavy (non-hydrogen) atoms. The summed E-state index contributed by atoms with van der Waals surface area (Å²) in [4.78, 5) is 28.3. The van der Waals surface area contributed by atoms with Gasteiger partial charge >= 0.3 is 0 Å². The number of nitrogens with zero attached hydrogens (tertiary/aromatic N) is 2. The first-order valence-electron chi connectivity index (χ1n) is 12.0. The molecule has 1 aliphatic rings. The molecule has 1 N–H and O–H groups in total. The van der Waals surface area contributed by atoms with Gasteiger partial charge in [0, 0.05) is 12.6 Å². The van der Waals surface area contributed by atoms with Gasteiger partial charge in [-0.05, 0) is 55.5 Å². The number of carbonyl (C=O) groups is 2. The van der Waals surface area contributed by atoms with Crippen molar-refractivity contribution in [2.24, 2.45) is 0 Å². The number of rotatable bonds is 10. The molecule has 1 atom stereocenters. The Hall–Kier alpha value is -2.94. The summed E-state index contributed by atoms with van der Waals surface area (Å²) in [7, 11) is -3.78. The van der Waals surface area contributed by atoms with Gasteiger partial charge in [0.05, 0.1) is 11.9 Å². The molecular weight excluding hydrogens is 469 g/mol. The largest absolute Gasteiger partial charge is 0.352 e. The molecule has 0 heterocycles. The zero-order valence-corrected chi connectivity index (χ0v) is 21.4. The van der Waals surface area contributed by atoms with Crippen molar-refractivity contribution in [3.63, 3.8) is 0 Å². The van der Waals surface area contributed by atoms with Crippen LogP contribution >= 0.6 is 0 Å². The molecule has 2 aromatic rings. The van der Waals surface area contributed by atoms with E-state index in [1.807, 2.05) is 6.92 Å². The number of hydrogen-bond acceptors (Lipinski definition) is 4. The van der Waals surface area contributed by atoms with Crippen LogP contribution in [0.25, 0.3) is 0 Å². The molecule has 0 bridgehead atoms. The summed E-state index contributed by atoms with van der Waals surface area (Å²) in [5.41, 5.74) is 1.77. The molecule has 7 nitrogen and oxygen atoms in total. The predicted octanol–water partition coefficient (Wildman–Crippen LogP) is 3.77. The second-order valence-corrected chi connectivity index (χ2v) is 11.0. The minimum Gasteiger partial charge on any atom is -0.352 e. The SMILES string of the molecule is CC[C@@H](C(=O)NC1CCCC1)N(Cc1ccc(F)cc1)C(=O)CN(c1ccccc1C)S(C)(=O)=O. The Bertz CT molecular complexity index is 1130. The third-order valence-electron chi connectivity index (χ3n) is 6.42. The number of sulfonamides is 1. The lowest BCUT2D eigenvalue weighted by atomic mass is 10.1. The molecule has 2 amide bonds. The Balaban J connectivity index is 1.92. The van der Waals surface area contributed by atoms with Crippen LogP contribution in [0.5, 0.6) is 0 Å². The van der Waals surface area contributed by atoms with Gasteiger partial charge in [0.15, 0.2) is 0 Å². The molecule has 1 saturated carbocycles. The number of benzene rings is 2. The standard InChI is InChI=1S/C26H34FN3O4S/c1-4-23(26(32)28-22-10-6-7-11-22)29(17-20-13-15-21(27)16-14-20)25(31)18-30(35(3,33)34)24-12-8-5-9-19(24)2/h5,8-9,12-16,22-23H,4,6-7,10-11,17-18H2,1-3H3,(H,28,32)/t23-/m0/s1. The molecule has 1 aliphatic carbocycles. The van der Waals surface area contributed by atoms with E-state index in [-0.39, 0.29) is 18.5 Å². The smallest absolute Gasteiger partial charge is 0.244 e. The van der Waals surface area contributed by atoms with Gasteiger partial charge in [-0.15, -0.1) is 0 Å². The number of amides is 2.